The van der Waals surface area contributed by atoms with E-state index in [9.17, 15) is 0 Å². The lowest BCUT2D eigenvalue weighted by molar-refractivity contribution is 0.603. The third-order valence-electron chi connectivity index (χ3n) is 3.17. The first-order chi connectivity index (χ1) is 6.85. The molecule has 1 heterocycles. The molecule has 1 atom stereocenters. The molecule has 2 N–H and O–H groups in total. The van der Waals surface area contributed by atoms with Crippen molar-refractivity contribution in [1.82, 2.24) is 0 Å². The van der Waals surface area contributed by atoms with E-state index >= 15 is 0 Å². The van der Waals surface area contributed by atoms with Crippen LogP contribution in [0, 0.1) is 0 Å². The summed E-state index contributed by atoms with van der Waals surface area (Å²) in [4.78, 5) is 3.16. The fourth-order valence-electron chi connectivity index (χ4n) is 2.29. The summed E-state index contributed by atoms with van der Waals surface area (Å²) >= 11 is 2.01. The van der Waals surface area contributed by atoms with Gasteiger partial charge in [-0.15, -0.1) is 11.3 Å². The minimum Gasteiger partial charge on any atom is -0.330 e. The molecule has 1 aromatic heterocycles. The normalized spacial score (nSPS) is 21.7. The molecular formula is C12H19NS. The molecule has 0 fully saturated rings. The van der Waals surface area contributed by atoms with Gasteiger partial charge in [-0.3, -0.25) is 0 Å². The summed E-state index contributed by atoms with van der Waals surface area (Å²) in [6.07, 6.45) is 6.47. The fraction of sp³-hybridized carbons (Fsp3) is 0.667. The van der Waals surface area contributed by atoms with Gasteiger partial charge in [-0.25, -0.2) is 0 Å². The summed E-state index contributed by atoms with van der Waals surface area (Å²) in [5, 5.41) is 0. The lowest BCUT2D eigenvalue weighted by atomic mass is 9.96. The molecule has 1 unspecified atom stereocenters. The van der Waals surface area contributed by atoms with Crippen molar-refractivity contribution in [3.8, 4) is 0 Å². The van der Waals surface area contributed by atoms with Crippen LogP contribution < -0.4 is 5.73 Å². The molecule has 0 bridgehead atoms. The summed E-state index contributed by atoms with van der Waals surface area (Å²) in [6.45, 7) is 3.06. The van der Waals surface area contributed by atoms with Gasteiger partial charge in [-0.05, 0) is 49.8 Å². The number of hydrogen-bond acceptors (Lipinski definition) is 2. The van der Waals surface area contributed by atoms with E-state index in [-0.39, 0.29) is 0 Å². The molecule has 1 nitrogen and oxygen atoms in total. The highest BCUT2D eigenvalue weighted by Crippen LogP contribution is 2.35. The second-order valence-electron chi connectivity index (χ2n) is 4.12. The minimum atomic E-state index is 0.643. The van der Waals surface area contributed by atoms with Crippen molar-refractivity contribution in [1.29, 1.82) is 0 Å². The van der Waals surface area contributed by atoms with Gasteiger partial charge in [0.15, 0.2) is 0 Å². The number of aryl methyl sites for hydroxylation is 2. The summed E-state index contributed by atoms with van der Waals surface area (Å²) < 4.78 is 0. The van der Waals surface area contributed by atoms with Crippen LogP contribution in [0.4, 0.5) is 0 Å². The molecule has 1 aliphatic rings. The minimum absolute atomic E-state index is 0.643. The van der Waals surface area contributed by atoms with E-state index in [2.05, 4.69) is 13.0 Å². The van der Waals surface area contributed by atoms with Crippen LogP contribution in [0.5, 0.6) is 0 Å². The van der Waals surface area contributed by atoms with Crippen LogP contribution in [0.15, 0.2) is 6.07 Å². The number of hydrogen-bond donors (Lipinski definition) is 1. The number of fused-ring (bicyclic) bond motifs is 1. The van der Waals surface area contributed by atoms with Gasteiger partial charge in [0, 0.05) is 9.75 Å². The molecule has 0 radical (unpaired) electrons. The second-order valence-corrected chi connectivity index (χ2v) is 5.34. The third kappa shape index (κ3) is 1.86. The zero-order valence-corrected chi connectivity index (χ0v) is 9.70. The SMILES string of the molecule is CCc1cc2c(s1)CCCCC2CN. The number of nitrogens with two attached hydrogens (primary N) is 1. The second kappa shape index (κ2) is 4.45. The molecule has 0 aromatic carbocycles. The predicted molar refractivity (Wildman–Crippen MR) is 63.0 cm³/mol. The molecule has 2 rings (SSSR count). The van der Waals surface area contributed by atoms with Crippen molar-refractivity contribution in [2.24, 2.45) is 5.73 Å². The third-order valence-corrected chi connectivity index (χ3v) is 4.53. The van der Waals surface area contributed by atoms with Crippen LogP contribution in [0.1, 0.15) is 47.4 Å². The highest BCUT2D eigenvalue weighted by molar-refractivity contribution is 7.12. The van der Waals surface area contributed by atoms with Crippen molar-refractivity contribution in [2.75, 3.05) is 6.54 Å². The van der Waals surface area contributed by atoms with Crippen molar-refractivity contribution in [3.63, 3.8) is 0 Å². The van der Waals surface area contributed by atoms with E-state index in [1.54, 1.807) is 10.4 Å². The van der Waals surface area contributed by atoms with Gasteiger partial charge in [0.1, 0.15) is 0 Å². The summed E-state index contributed by atoms with van der Waals surface area (Å²) in [5.74, 6) is 0.643. The average Bonchev–Trinajstić information content (AvgIpc) is 2.53. The zero-order valence-electron chi connectivity index (χ0n) is 8.88. The smallest absolute Gasteiger partial charge is 0.00834 e. The van der Waals surface area contributed by atoms with Crippen LogP contribution in [-0.2, 0) is 12.8 Å². The highest BCUT2D eigenvalue weighted by Gasteiger charge is 2.19. The van der Waals surface area contributed by atoms with Gasteiger partial charge in [0.25, 0.3) is 0 Å². The Balaban J connectivity index is 2.32. The van der Waals surface area contributed by atoms with Crippen LogP contribution in [0.3, 0.4) is 0 Å². The highest BCUT2D eigenvalue weighted by atomic mass is 32.1. The van der Waals surface area contributed by atoms with Crippen LogP contribution in [0.2, 0.25) is 0 Å². The van der Waals surface area contributed by atoms with Gasteiger partial charge in [-0.1, -0.05) is 13.3 Å². The molecule has 0 aliphatic heterocycles. The van der Waals surface area contributed by atoms with Gasteiger partial charge in [0.2, 0.25) is 0 Å². The molecule has 78 valence electrons. The molecule has 1 aromatic rings. The van der Waals surface area contributed by atoms with E-state index in [1.165, 1.54) is 37.0 Å². The Morgan fingerprint density at radius 2 is 2.36 bits per heavy atom. The maximum atomic E-state index is 5.84. The summed E-state index contributed by atoms with van der Waals surface area (Å²) in [5.41, 5.74) is 7.42. The molecule has 14 heavy (non-hydrogen) atoms. The van der Waals surface area contributed by atoms with Crippen molar-refractivity contribution >= 4 is 11.3 Å². The predicted octanol–water partition coefficient (Wildman–Crippen LogP) is 3.08. The first-order valence-electron chi connectivity index (χ1n) is 5.66. The molecular weight excluding hydrogens is 190 g/mol. The van der Waals surface area contributed by atoms with Gasteiger partial charge >= 0.3 is 0 Å². The van der Waals surface area contributed by atoms with Gasteiger partial charge in [-0.2, -0.15) is 0 Å². The first kappa shape index (κ1) is 10.2. The quantitative estimate of drug-likeness (QED) is 0.744. The van der Waals surface area contributed by atoms with Crippen LogP contribution in [0.25, 0.3) is 0 Å². The van der Waals surface area contributed by atoms with E-state index in [0.29, 0.717) is 5.92 Å². The molecule has 1 aliphatic carbocycles. The maximum absolute atomic E-state index is 5.84. The monoisotopic (exact) mass is 209 g/mol. The van der Waals surface area contributed by atoms with Crippen LogP contribution in [-0.4, -0.2) is 6.54 Å². The van der Waals surface area contributed by atoms with E-state index in [0.717, 1.165) is 6.54 Å². The summed E-state index contributed by atoms with van der Waals surface area (Å²) in [7, 11) is 0. The lowest BCUT2D eigenvalue weighted by Gasteiger charge is -2.11. The largest absolute Gasteiger partial charge is 0.330 e. The maximum Gasteiger partial charge on any atom is 0.00834 e. The number of thiophene rings is 1. The van der Waals surface area contributed by atoms with Crippen LogP contribution >= 0.6 is 11.3 Å². The van der Waals surface area contributed by atoms with Gasteiger partial charge in [0.05, 0.1) is 0 Å². The molecule has 0 saturated carbocycles. The van der Waals surface area contributed by atoms with Gasteiger partial charge < -0.3 is 5.73 Å². The Labute approximate surface area is 90.3 Å². The van der Waals surface area contributed by atoms with E-state index in [1.807, 2.05) is 11.3 Å². The fourth-order valence-corrected chi connectivity index (χ4v) is 3.53. The first-order valence-corrected chi connectivity index (χ1v) is 6.48. The topological polar surface area (TPSA) is 26.0 Å². The number of rotatable bonds is 2. The average molecular weight is 209 g/mol. The van der Waals surface area contributed by atoms with Crippen molar-refractivity contribution < 1.29 is 0 Å². The van der Waals surface area contributed by atoms with Crippen molar-refractivity contribution in [3.05, 3.63) is 21.4 Å². The molecule has 2 heteroatoms. The molecule has 0 saturated heterocycles. The zero-order chi connectivity index (χ0) is 9.97. The Kier molecular flexibility index (Phi) is 3.24. The Bertz CT molecular complexity index is 303. The Morgan fingerprint density at radius 3 is 3.07 bits per heavy atom. The molecule has 0 amide bonds. The van der Waals surface area contributed by atoms with Crippen molar-refractivity contribution in [2.45, 2.75) is 44.9 Å². The Morgan fingerprint density at radius 1 is 1.50 bits per heavy atom. The Hall–Kier alpha value is -0.340. The summed E-state index contributed by atoms with van der Waals surface area (Å²) in [6, 6.07) is 2.41. The van der Waals surface area contributed by atoms with E-state index < -0.39 is 0 Å². The standard InChI is InChI=1S/C12H19NS/c1-2-10-7-11-9(8-13)5-3-4-6-12(11)14-10/h7,9H,2-6,8,13H2,1H3. The lowest BCUT2D eigenvalue weighted by Crippen LogP contribution is -2.11. The van der Waals surface area contributed by atoms with E-state index in [4.69, 9.17) is 5.73 Å². The molecule has 0 spiro atoms.